The number of carbonyl (C=O) groups is 1. The van der Waals surface area contributed by atoms with Crippen molar-refractivity contribution in [1.29, 1.82) is 0 Å². The molecule has 118 valence electrons. The normalized spacial score (nSPS) is 18.2. The molecule has 3 rings (SSSR count). The van der Waals surface area contributed by atoms with Gasteiger partial charge >= 0.3 is 5.97 Å². The number of ether oxygens (including phenoxy) is 1. The molecule has 0 atom stereocenters. The molecule has 2 heterocycles. The average molecular weight is 325 g/mol. The number of hydrogen-bond donors (Lipinski definition) is 1. The largest absolute Gasteiger partial charge is 0.481 e. The molecule has 0 aliphatic carbocycles. The zero-order valence-corrected chi connectivity index (χ0v) is 12.7. The van der Waals surface area contributed by atoms with Crippen molar-refractivity contribution in [2.24, 2.45) is 5.41 Å². The van der Waals surface area contributed by atoms with Crippen LogP contribution in [0.15, 0.2) is 39.8 Å². The van der Waals surface area contributed by atoms with Crippen LogP contribution in [0.3, 0.4) is 0 Å². The van der Waals surface area contributed by atoms with Gasteiger partial charge in [-0.25, -0.2) is 8.42 Å². The average Bonchev–Trinajstić information content (AvgIpc) is 2.86. The third-order valence-electron chi connectivity index (χ3n) is 3.90. The maximum Gasteiger partial charge on any atom is 0.314 e. The van der Waals surface area contributed by atoms with Crippen LogP contribution in [0, 0.1) is 5.41 Å². The van der Waals surface area contributed by atoms with E-state index in [1.807, 2.05) is 0 Å². The summed E-state index contributed by atoms with van der Waals surface area (Å²) in [5.74, 6) is -1.06. The van der Waals surface area contributed by atoms with E-state index in [0.29, 0.717) is 11.0 Å². The van der Waals surface area contributed by atoms with Crippen molar-refractivity contribution in [2.45, 2.75) is 4.90 Å². The lowest BCUT2D eigenvalue weighted by molar-refractivity contribution is -0.161. The predicted octanol–water partition coefficient (Wildman–Crippen LogP) is 1.15. The second kappa shape index (κ2) is 5.08. The number of nitrogens with zero attached hydrogens (tertiary/aromatic N) is 1. The van der Waals surface area contributed by atoms with Crippen molar-refractivity contribution in [2.75, 3.05) is 26.8 Å². The van der Waals surface area contributed by atoms with Crippen molar-refractivity contribution < 1.29 is 27.5 Å². The number of sulfonamides is 1. The highest BCUT2D eigenvalue weighted by molar-refractivity contribution is 7.89. The molecule has 7 nitrogen and oxygen atoms in total. The first-order valence-corrected chi connectivity index (χ1v) is 8.03. The molecule has 2 aromatic rings. The molecule has 0 saturated carbocycles. The SMILES string of the molecule is COCC1(C(=O)O)CN(S(=O)(=O)c2coc3ccccc23)C1. The van der Waals surface area contributed by atoms with Gasteiger partial charge < -0.3 is 14.3 Å². The van der Waals surface area contributed by atoms with Gasteiger partial charge in [-0.1, -0.05) is 12.1 Å². The van der Waals surface area contributed by atoms with Crippen LogP contribution < -0.4 is 0 Å². The second-order valence-electron chi connectivity index (χ2n) is 5.39. The fourth-order valence-electron chi connectivity index (χ4n) is 2.66. The van der Waals surface area contributed by atoms with E-state index in [1.165, 1.54) is 13.4 Å². The highest BCUT2D eigenvalue weighted by atomic mass is 32.2. The molecule has 0 unspecified atom stereocenters. The molecule has 0 spiro atoms. The molecule has 22 heavy (non-hydrogen) atoms. The van der Waals surface area contributed by atoms with Gasteiger partial charge in [0.05, 0.1) is 6.61 Å². The molecule has 1 N–H and O–H groups in total. The van der Waals surface area contributed by atoms with E-state index in [-0.39, 0.29) is 24.6 Å². The van der Waals surface area contributed by atoms with Gasteiger partial charge in [0.2, 0.25) is 10.0 Å². The standard InChI is InChI=1S/C14H15NO6S/c1-20-9-14(13(16)17)7-15(8-14)22(18,19)12-6-21-11-5-3-2-4-10(11)12/h2-6H,7-9H2,1H3,(H,16,17). The summed E-state index contributed by atoms with van der Waals surface area (Å²) in [6.07, 6.45) is 1.19. The highest BCUT2D eigenvalue weighted by Crippen LogP contribution is 2.37. The first kappa shape index (κ1) is 15.0. The minimum atomic E-state index is -3.79. The summed E-state index contributed by atoms with van der Waals surface area (Å²) in [6, 6.07) is 6.81. The van der Waals surface area contributed by atoms with Crippen LogP contribution in [0.1, 0.15) is 0 Å². The molecule has 1 aliphatic heterocycles. The summed E-state index contributed by atoms with van der Waals surface area (Å²) in [6.45, 7) is -0.253. The molecule has 8 heteroatoms. The van der Waals surface area contributed by atoms with Gasteiger partial charge in [-0.05, 0) is 12.1 Å². The Morgan fingerprint density at radius 1 is 1.41 bits per heavy atom. The third kappa shape index (κ3) is 2.11. The van der Waals surface area contributed by atoms with Crippen LogP contribution in [0.2, 0.25) is 0 Å². The fourth-order valence-corrected chi connectivity index (χ4v) is 4.38. The maximum atomic E-state index is 12.6. The first-order chi connectivity index (χ1) is 10.4. The van der Waals surface area contributed by atoms with E-state index in [2.05, 4.69) is 0 Å². The molecular weight excluding hydrogens is 310 g/mol. The Labute approximate surface area is 127 Å². The van der Waals surface area contributed by atoms with E-state index < -0.39 is 21.4 Å². The molecule has 1 saturated heterocycles. The fraction of sp³-hybridized carbons (Fsp3) is 0.357. The lowest BCUT2D eigenvalue weighted by Gasteiger charge is -2.45. The quantitative estimate of drug-likeness (QED) is 0.886. The number of aliphatic carboxylic acids is 1. The second-order valence-corrected chi connectivity index (χ2v) is 7.29. The molecule has 1 aliphatic rings. The van der Waals surface area contributed by atoms with E-state index in [0.717, 1.165) is 4.31 Å². The van der Waals surface area contributed by atoms with Crippen LogP contribution in [0.4, 0.5) is 0 Å². The van der Waals surface area contributed by atoms with Gasteiger partial charge in [0.15, 0.2) is 0 Å². The maximum absolute atomic E-state index is 12.6. The van der Waals surface area contributed by atoms with Gasteiger partial charge in [-0.2, -0.15) is 4.31 Å². The minimum Gasteiger partial charge on any atom is -0.481 e. The molecule has 1 aromatic heterocycles. The van der Waals surface area contributed by atoms with Crippen LogP contribution in [-0.2, 0) is 19.6 Å². The smallest absolute Gasteiger partial charge is 0.314 e. The number of benzene rings is 1. The van der Waals surface area contributed by atoms with Crippen LogP contribution in [-0.4, -0.2) is 50.6 Å². The molecule has 1 fully saturated rings. The summed E-state index contributed by atoms with van der Waals surface area (Å²) >= 11 is 0. The third-order valence-corrected chi connectivity index (χ3v) is 5.71. The van der Waals surface area contributed by atoms with Crippen LogP contribution >= 0.6 is 0 Å². The lowest BCUT2D eigenvalue weighted by Crippen LogP contribution is -2.63. The van der Waals surface area contributed by atoms with Crippen molar-refractivity contribution >= 4 is 27.0 Å². The highest BCUT2D eigenvalue weighted by Gasteiger charge is 2.54. The van der Waals surface area contributed by atoms with E-state index in [9.17, 15) is 18.3 Å². The number of para-hydroxylation sites is 1. The summed E-state index contributed by atoms with van der Waals surface area (Å²) in [5.41, 5.74) is -0.704. The van der Waals surface area contributed by atoms with Crippen LogP contribution in [0.25, 0.3) is 11.0 Å². The topological polar surface area (TPSA) is 97.0 Å². The number of methoxy groups -OCH3 is 1. The Hall–Kier alpha value is -1.90. The Balaban J connectivity index is 1.91. The lowest BCUT2D eigenvalue weighted by atomic mass is 9.83. The number of furan rings is 1. The molecule has 0 amide bonds. The molecule has 1 aromatic carbocycles. The van der Waals surface area contributed by atoms with Crippen molar-refractivity contribution in [3.8, 4) is 0 Å². The predicted molar refractivity (Wildman–Crippen MR) is 76.9 cm³/mol. The van der Waals surface area contributed by atoms with Gasteiger partial charge in [0.25, 0.3) is 0 Å². The van der Waals surface area contributed by atoms with Crippen LogP contribution in [0.5, 0.6) is 0 Å². The monoisotopic (exact) mass is 325 g/mol. The summed E-state index contributed by atoms with van der Waals surface area (Å²) in [4.78, 5) is 11.4. The van der Waals surface area contributed by atoms with Gasteiger partial charge in [0, 0.05) is 25.6 Å². The van der Waals surface area contributed by atoms with E-state index in [4.69, 9.17) is 9.15 Å². The summed E-state index contributed by atoms with van der Waals surface area (Å²) < 4.78 is 36.6. The summed E-state index contributed by atoms with van der Waals surface area (Å²) in [5, 5.41) is 9.77. The molecular formula is C14H15NO6S. The van der Waals surface area contributed by atoms with Crippen molar-refractivity contribution in [3.63, 3.8) is 0 Å². The first-order valence-electron chi connectivity index (χ1n) is 6.59. The number of fused-ring (bicyclic) bond motifs is 1. The minimum absolute atomic E-state index is 0.0273. The summed E-state index contributed by atoms with van der Waals surface area (Å²) in [7, 11) is -2.39. The van der Waals surface area contributed by atoms with Gasteiger partial charge in [-0.3, -0.25) is 4.79 Å². The Bertz CT molecular complexity index is 819. The number of hydrogen-bond acceptors (Lipinski definition) is 5. The number of rotatable bonds is 5. The Morgan fingerprint density at radius 2 is 2.09 bits per heavy atom. The number of carboxylic acids is 1. The van der Waals surface area contributed by atoms with Gasteiger partial charge in [-0.15, -0.1) is 0 Å². The zero-order valence-electron chi connectivity index (χ0n) is 11.9. The van der Waals surface area contributed by atoms with Gasteiger partial charge in [0.1, 0.15) is 22.2 Å². The zero-order chi connectivity index (χ0) is 16.0. The molecule has 0 radical (unpaired) electrons. The van der Waals surface area contributed by atoms with Crippen molar-refractivity contribution in [3.05, 3.63) is 30.5 Å². The van der Waals surface area contributed by atoms with E-state index >= 15 is 0 Å². The Kier molecular flexibility index (Phi) is 3.47. The molecule has 0 bridgehead atoms. The number of carboxylic acid groups (broad SMARTS) is 1. The van der Waals surface area contributed by atoms with E-state index in [1.54, 1.807) is 24.3 Å². The van der Waals surface area contributed by atoms with Crippen molar-refractivity contribution in [1.82, 2.24) is 4.31 Å². The Morgan fingerprint density at radius 3 is 2.73 bits per heavy atom.